The molecule has 0 spiro atoms. The summed E-state index contributed by atoms with van der Waals surface area (Å²) in [4.78, 5) is 50.6. The minimum absolute atomic E-state index is 0.110. The van der Waals surface area contributed by atoms with E-state index in [0.717, 1.165) is 56.2 Å². The third-order valence-electron chi connectivity index (χ3n) is 14.0. The number of ketones is 1. The third-order valence-corrected chi connectivity index (χ3v) is 14.4. The first-order valence-electron chi connectivity index (χ1n) is 23.0. The maximum Gasteiger partial charge on any atom is 0.253 e. The van der Waals surface area contributed by atoms with E-state index < -0.39 is 23.9 Å². The third kappa shape index (κ3) is 10.3. The second-order valence-corrected chi connectivity index (χ2v) is 20.2. The zero-order valence-corrected chi connectivity index (χ0v) is 39.6. The first kappa shape index (κ1) is 48.1. The van der Waals surface area contributed by atoms with Crippen LogP contribution in [0.1, 0.15) is 118 Å². The Morgan fingerprint density at radius 3 is 2.26 bits per heavy atom. The lowest BCUT2D eigenvalue weighted by molar-refractivity contribution is -0.164. The fourth-order valence-corrected chi connectivity index (χ4v) is 10.9. The zero-order valence-electron chi connectivity index (χ0n) is 38.9. The largest absolute Gasteiger partial charge is 0.489 e. The van der Waals surface area contributed by atoms with E-state index in [4.69, 9.17) is 26.1 Å². The van der Waals surface area contributed by atoms with Crippen molar-refractivity contribution in [3.63, 3.8) is 0 Å². The maximum atomic E-state index is 14.2. The Hall–Kier alpha value is -5.80. The second kappa shape index (κ2) is 20.0. The Labute approximate surface area is 392 Å². The van der Waals surface area contributed by atoms with Crippen LogP contribution in [0.5, 0.6) is 5.75 Å². The molecule has 2 amide bonds. The van der Waals surface area contributed by atoms with Crippen LogP contribution in [0, 0.1) is 51.2 Å². The van der Waals surface area contributed by atoms with Gasteiger partial charge < -0.3 is 29.9 Å². The van der Waals surface area contributed by atoms with E-state index in [2.05, 4.69) is 70.4 Å². The number of piperazine rings is 1. The van der Waals surface area contributed by atoms with Crippen molar-refractivity contribution < 1.29 is 28.8 Å². The molecule has 2 aromatic carbocycles. The highest BCUT2D eigenvalue weighted by molar-refractivity contribution is 6.31. The van der Waals surface area contributed by atoms with Gasteiger partial charge in [0.2, 0.25) is 5.91 Å². The summed E-state index contributed by atoms with van der Waals surface area (Å²) in [6, 6.07) is 21.3. The number of carbonyl (C=O) groups is 3. The van der Waals surface area contributed by atoms with Crippen molar-refractivity contribution in [1.82, 2.24) is 25.7 Å². The van der Waals surface area contributed by atoms with E-state index in [9.17, 15) is 24.8 Å². The molecule has 0 radical (unpaired) electrons. The molecule has 15 heteroatoms. The molecule has 3 N–H and O–H groups in total. The highest BCUT2D eigenvalue weighted by Gasteiger charge is 2.64. The van der Waals surface area contributed by atoms with Crippen LogP contribution < -0.4 is 20.3 Å². The maximum absolute atomic E-state index is 14.2. The molecule has 348 valence electrons. The highest BCUT2D eigenvalue weighted by Crippen LogP contribution is 2.55. The average molecular weight is 918 g/mol. The number of nitrogens with one attached hydrogen (secondary N) is 2. The summed E-state index contributed by atoms with van der Waals surface area (Å²) in [6.45, 7) is 18.3. The van der Waals surface area contributed by atoms with Gasteiger partial charge in [-0.05, 0) is 87.0 Å². The van der Waals surface area contributed by atoms with Crippen molar-refractivity contribution in [3.8, 4) is 17.9 Å². The van der Waals surface area contributed by atoms with Gasteiger partial charge in [-0.2, -0.15) is 10.5 Å². The zero-order chi connectivity index (χ0) is 47.5. The van der Waals surface area contributed by atoms with Gasteiger partial charge in [0.1, 0.15) is 35.3 Å². The van der Waals surface area contributed by atoms with Crippen molar-refractivity contribution >= 4 is 35.0 Å². The van der Waals surface area contributed by atoms with Crippen LogP contribution in [0.25, 0.3) is 0 Å². The summed E-state index contributed by atoms with van der Waals surface area (Å²) in [6.07, 6.45) is 2.64. The fraction of sp³-hybridized carbons (Fsp3) is 0.510. The van der Waals surface area contributed by atoms with E-state index in [1.165, 1.54) is 0 Å². The molecule has 3 heterocycles. The molecule has 7 rings (SSSR count). The molecule has 0 bridgehead atoms. The van der Waals surface area contributed by atoms with E-state index in [1.807, 2.05) is 39.0 Å². The number of benzene rings is 2. The van der Waals surface area contributed by atoms with Crippen LogP contribution in [0.15, 0.2) is 71.4 Å². The number of nitriles is 2. The first-order chi connectivity index (χ1) is 31.4. The van der Waals surface area contributed by atoms with Gasteiger partial charge in [0.25, 0.3) is 5.91 Å². The van der Waals surface area contributed by atoms with E-state index >= 15 is 0 Å². The van der Waals surface area contributed by atoms with Gasteiger partial charge in [-0.1, -0.05) is 70.4 Å². The quantitative estimate of drug-likeness (QED) is 0.101. The smallest absolute Gasteiger partial charge is 0.253 e. The van der Waals surface area contributed by atoms with Gasteiger partial charge in [0.15, 0.2) is 0 Å². The van der Waals surface area contributed by atoms with Crippen molar-refractivity contribution in [2.75, 3.05) is 37.6 Å². The number of aliphatic hydroxyl groups is 1. The van der Waals surface area contributed by atoms with E-state index in [-0.39, 0.29) is 65.4 Å². The Morgan fingerprint density at radius 1 is 0.939 bits per heavy atom. The molecule has 1 unspecified atom stereocenters. The molecule has 1 aliphatic heterocycles. The van der Waals surface area contributed by atoms with E-state index in [0.29, 0.717) is 39.6 Å². The predicted molar refractivity (Wildman–Crippen MR) is 250 cm³/mol. The van der Waals surface area contributed by atoms with Gasteiger partial charge in [-0.15, -0.1) is 0 Å². The standard InChI is InChI=1S/C51H61ClN8O6/c1-30(2)44(45(62)39-24-37(61)25-40(39)47(64)56-31(3)33-12-10-32(27-53)11-13-33)42-23-36(58-66-42)9-8-18-59-19-21-60(22-20-59)43-17-15-35(29-55-43)46(63)57-48-50(4,5)49(51(48,6)7)65-38-16-14-34(28-54)41(52)26-38/h10-17,23,26,29-31,37,39-40,44,48-49,61H,8-9,18-22,24-25H2,1-7H3,(H,56,64)(H,57,63)/t31-,37-,39?,40+,44-,48-,49-/m0/s1. The molecule has 5 atom stereocenters. The fourth-order valence-electron chi connectivity index (χ4n) is 10.7. The minimum Gasteiger partial charge on any atom is -0.489 e. The number of ether oxygens (including phenoxy) is 1. The summed E-state index contributed by atoms with van der Waals surface area (Å²) < 4.78 is 12.2. The number of amides is 2. The molecule has 3 fully saturated rings. The van der Waals surface area contributed by atoms with Crippen LogP contribution >= 0.6 is 11.6 Å². The van der Waals surface area contributed by atoms with Crippen LogP contribution in [0.2, 0.25) is 5.02 Å². The number of carbonyl (C=O) groups excluding carboxylic acids is 3. The average Bonchev–Trinajstić information content (AvgIpc) is 3.93. The number of hydrogen-bond donors (Lipinski definition) is 3. The lowest BCUT2D eigenvalue weighted by Crippen LogP contribution is -2.74. The van der Waals surface area contributed by atoms with Gasteiger partial charge in [-0.3, -0.25) is 19.3 Å². The molecule has 1 saturated heterocycles. The van der Waals surface area contributed by atoms with Gasteiger partial charge in [0, 0.05) is 67.3 Å². The summed E-state index contributed by atoms with van der Waals surface area (Å²) in [5.74, 6) is -0.718. The Balaban J connectivity index is 0.861. The van der Waals surface area contributed by atoms with Crippen LogP contribution in [-0.4, -0.2) is 88.7 Å². The topological polar surface area (TPSA) is 198 Å². The number of nitrogens with zero attached hydrogens (tertiary/aromatic N) is 6. The number of pyridine rings is 1. The van der Waals surface area contributed by atoms with Crippen LogP contribution in [0.4, 0.5) is 5.82 Å². The van der Waals surface area contributed by atoms with Gasteiger partial charge in [-0.25, -0.2) is 4.98 Å². The second-order valence-electron chi connectivity index (χ2n) is 19.8. The van der Waals surface area contributed by atoms with Gasteiger partial charge >= 0.3 is 0 Å². The highest BCUT2D eigenvalue weighted by atomic mass is 35.5. The molecule has 4 aromatic rings. The predicted octanol–water partition coefficient (Wildman–Crippen LogP) is 7.41. The number of halogens is 1. The lowest BCUT2D eigenvalue weighted by atomic mass is 9.49. The molecular formula is C51H61ClN8O6. The van der Waals surface area contributed by atoms with Crippen molar-refractivity contribution in [1.29, 1.82) is 10.5 Å². The molecule has 66 heavy (non-hydrogen) atoms. The Bertz CT molecular complexity index is 2450. The SMILES string of the molecule is CC(C)[C@H](C(=O)C1C[C@H](O)C[C@H]1C(=O)N[C@@H](C)c1ccc(C#N)cc1)c1cc(CCCN2CCN(c3ccc(C(=O)N[C@H]4C(C)(C)[C@H](Oc5ccc(C#N)c(Cl)c5)C4(C)C)cn3)CC2)no1. The number of rotatable bonds is 16. The summed E-state index contributed by atoms with van der Waals surface area (Å²) in [5.41, 5.74) is 2.26. The summed E-state index contributed by atoms with van der Waals surface area (Å²) in [7, 11) is 0. The van der Waals surface area contributed by atoms with Crippen molar-refractivity contribution in [2.45, 2.75) is 104 Å². The lowest BCUT2D eigenvalue weighted by Gasteiger charge is -2.63. The number of aryl methyl sites for hydroxylation is 1. The van der Waals surface area contributed by atoms with Gasteiger partial charge in [0.05, 0.1) is 57.5 Å². The number of Topliss-reactive ketones (excluding diaryl/α,β-unsaturated/α-hetero) is 1. The number of hydrogen-bond acceptors (Lipinski definition) is 12. The van der Waals surface area contributed by atoms with E-state index in [1.54, 1.807) is 48.7 Å². The molecule has 2 saturated carbocycles. The minimum atomic E-state index is -0.755. The normalized spacial score (nSPS) is 23.2. The Morgan fingerprint density at radius 2 is 1.64 bits per heavy atom. The molecule has 14 nitrogen and oxygen atoms in total. The monoisotopic (exact) mass is 916 g/mol. The Kier molecular flexibility index (Phi) is 14.6. The first-order valence-corrected chi connectivity index (χ1v) is 23.4. The summed E-state index contributed by atoms with van der Waals surface area (Å²) in [5, 5.41) is 40.0. The van der Waals surface area contributed by atoms with Crippen LogP contribution in [0.3, 0.4) is 0 Å². The number of aromatic nitrogens is 2. The summed E-state index contributed by atoms with van der Waals surface area (Å²) >= 11 is 6.26. The molecule has 3 aliphatic rings. The number of anilines is 1. The molecular weight excluding hydrogens is 856 g/mol. The molecule has 2 aliphatic carbocycles. The molecule has 2 aromatic heterocycles. The van der Waals surface area contributed by atoms with Crippen molar-refractivity contribution in [2.24, 2.45) is 28.6 Å². The van der Waals surface area contributed by atoms with Crippen molar-refractivity contribution in [3.05, 3.63) is 106 Å². The van der Waals surface area contributed by atoms with Crippen LogP contribution in [-0.2, 0) is 16.0 Å². The number of aliphatic hydroxyl groups excluding tert-OH is 1.